The molecular weight excluding hydrogens is 342 g/mol. The molecule has 25 heavy (non-hydrogen) atoms. The number of carboxylic acids is 1. The van der Waals surface area contributed by atoms with Crippen LogP contribution in [0.2, 0.25) is 5.02 Å². The lowest BCUT2D eigenvalue weighted by Crippen LogP contribution is -2.30. The second-order valence-corrected chi connectivity index (χ2v) is 6.13. The summed E-state index contributed by atoms with van der Waals surface area (Å²) in [5.41, 5.74) is 1.82. The summed E-state index contributed by atoms with van der Waals surface area (Å²) in [6.45, 7) is 0.605. The summed E-state index contributed by atoms with van der Waals surface area (Å²) in [6.07, 6.45) is 0.140. The van der Waals surface area contributed by atoms with Crippen molar-refractivity contribution in [2.45, 2.75) is 19.4 Å². The van der Waals surface area contributed by atoms with Crippen LogP contribution in [0.25, 0.3) is 0 Å². The molecule has 0 heterocycles. The van der Waals surface area contributed by atoms with Gasteiger partial charge in [-0.3, -0.25) is 9.59 Å². The van der Waals surface area contributed by atoms with Gasteiger partial charge in [0.25, 0.3) is 0 Å². The number of halogens is 1. The van der Waals surface area contributed by atoms with Crippen molar-refractivity contribution >= 4 is 23.5 Å². The standard InChI is InChI=1S/C19H20ClNO4/c1-21(10-9-19(23)24)18(22)12-15-3-2-4-17(11-15)25-13-14-5-7-16(20)8-6-14/h2-8,11H,9-10,12-13H2,1H3,(H,23,24). The summed E-state index contributed by atoms with van der Waals surface area (Å²) in [6, 6.07) is 14.7. The molecule has 2 rings (SSSR count). The second-order valence-electron chi connectivity index (χ2n) is 5.70. The first-order chi connectivity index (χ1) is 11.9. The number of hydrogen-bond donors (Lipinski definition) is 1. The minimum atomic E-state index is -0.919. The van der Waals surface area contributed by atoms with Gasteiger partial charge in [-0.15, -0.1) is 0 Å². The van der Waals surface area contributed by atoms with Gasteiger partial charge in [-0.05, 0) is 35.4 Å². The molecule has 0 aromatic heterocycles. The molecule has 0 spiro atoms. The molecule has 6 heteroatoms. The number of ether oxygens (including phenoxy) is 1. The molecule has 0 bridgehead atoms. The summed E-state index contributed by atoms with van der Waals surface area (Å²) in [5.74, 6) is -0.373. The van der Waals surface area contributed by atoms with Gasteiger partial charge in [-0.2, -0.15) is 0 Å². The smallest absolute Gasteiger partial charge is 0.305 e. The van der Waals surface area contributed by atoms with Crippen molar-refractivity contribution in [3.63, 3.8) is 0 Å². The number of aliphatic carboxylic acids is 1. The molecule has 0 atom stereocenters. The van der Waals surface area contributed by atoms with Crippen molar-refractivity contribution < 1.29 is 19.4 Å². The molecular formula is C19H20ClNO4. The van der Waals surface area contributed by atoms with Crippen LogP contribution in [0.1, 0.15) is 17.5 Å². The molecule has 2 aromatic carbocycles. The summed E-state index contributed by atoms with van der Waals surface area (Å²) in [5, 5.41) is 9.35. The predicted octanol–water partition coefficient (Wildman–Crippen LogP) is 3.39. The Hall–Kier alpha value is -2.53. The van der Waals surface area contributed by atoms with Gasteiger partial charge in [0, 0.05) is 18.6 Å². The number of rotatable bonds is 8. The number of carbonyl (C=O) groups is 2. The Balaban J connectivity index is 1.90. The van der Waals surface area contributed by atoms with Gasteiger partial charge in [0.2, 0.25) is 5.91 Å². The predicted molar refractivity (Wildman–Crippen MR) is 95.8 cm³/mol. The maximum atomic E-state index is 12.1. The van der Waals surface area contributed by atoms with E-state index in [1.54, 1.807) is 7.05 Å². The van der Waals surface area contributed by atoms with E-state index in [1.165, 1.54) is 4.90 Å². The van der Waals surface area contributed by atoms with Crippen LogP contribution in [0.15, 0.2) is 48.5 Å². The number of carboxylic acid groups (broad SMARTS) is 1. The average molecular weight is 362 g/mol. The van der Waals surface area contributed by atoms with Gasteiger partial charge < -0.3 is 14.7 Å². The third-order valence-electron chi connectivity index (χ3n) is 3.66. The molecule has 0 aliphatic rings. The van der Waals surface area contributed by atoms with Crippen molar-refractivity contribution in [3.05, 3.63) is 64.7 Å². The quantitative estimate of drug-likeness (QED) is 0.782. The molecule has 0 saturated carbocycles. The number of nitrogens with zero attached hydrogens (tertiary/aromatic N) is 1. The molecule has 2 aromatic rings. The van der Waals surface area contributed by atoms with Crippen LogP contribution in [0.3, 0.4) is 0 Å². The molecule has 0 fully saturated rings. The lowest BCUT2D eigenvalue weighted by molar-refractivity contribution is -0.138. The van der Waals surface area contributed by atoms with Gasteiger partial charge >= 0.3 is 5.97 Å². The number of hydrogen-bond acceptors (Lipinski definition) is 3. The van der Waals surface area contributed by atoms with Crippen LogP contribution in [0.4, 0.5) is 0 Å². The van der Waals surface area contributed by atoms with Crippen molar-refractivity contribution in [3.8, 4) is 5.75 Å². The summed E-state index contributed by atoms with van der Waals surface area (Å²) >= 11 is 5.85. The van der Waals surface area contributed by atoms with E-state index in [-0.39, 0.29) is 25.3 Å². The summed E-state index contributed by atoms with van der Waals surface area (Å²) in [7, 11) is 1.60. The van der Waals surface area contributed by atoms with E-state index in [1.807, 2.05) is 48.5 Å². The zero-order valence-corrected chi connectivity index (χ0v) is 14.7. The van der Waals surface area contributed by atoms with E-state index in [0.29, 0.717) is 17.4 Å². The minimum absolute atomic E-state index is 0.0630. The Morgan fingerprint density at radius 3 is 2.52 bits per heavy atom. The lowest BCUT2D eigenvalue weighted by Gasteiger charge is -2.16. The molecule has 0 saturated heterocycles. The third-order valence-corrected chi connectivity index (χ3v) is 3.91. The second kappa shape index (κ2) is 9.08. The van der Waals surface area contributed by atoms with E-state index in [9.17, 15) is 9.59 Å². The van der Waals surface area contributed by atoms with Crippen LogP contribution in [0, 0.1) is 0 Å². The van der Waals surface area contributed by atoms with E-state index in [4.69, 9.17) is 21.4 Å². The number of carbonyl (C=O) groups excluding carboxylic acids is 1. The molecule has 1 N–H and O–H groups in total. The first kappa shape index (κ1) is 18.8. The summed E-state index contributed by atoms with van der Waals surface area (Å²) < 4.78 is 5.75. The molecule has 0 radical (unpaired) electrons. The van der Waals surface area contributed by atoms with E-state index in [0.717, 1.165) is 11.1 Å². The van der Waals surface area contributed by atoms with Crippen molar-refractivity contribution in [2.75, 3.05) is 13.6 Å². The summed E-state index contributed by atoms with van der Waals surface area (Å²) in [4.78, 5) is 24.1. The highest BCUT2D eigenvalue weighted by Crippen LogP contribution is 2.17. The van der Waals surface area contributed by atoms with Crippen LogP contribution >= 0.6 is 11.6 Å². The monoisotopic (exact) mass is 361 g/mol. The van der Waals surface area contributed by atoms with Crippen molar-refractivity contribution in [1.29, 1.82) is 0 Å². The number of likely N-dealkylation sites (N-methyl/N-ethyl adjacent to an activating group) is 1. The highest BCUT2D eigenvalue weighted by molar-refractivity contribution is 6.30. The first-order valence-corrected chi connectivity index (χ1v) is 8.24. The third kappa shape index (κ3) is 6.47. The normalized spacial score (nSPS) is 10.3. The highest BCUT2D eigenvalue weighted by Gasteiger charge is 2.11. The maximum absolute atomic E-state index is 12.1. The zero-order valence-electron chi connectivity index (χ0n) is 13.9. The Morgan fingerprint density at radius 1 is 1.12 bits per heavy atom. The van der Waals surface area contributed by atoms with Gasteiger partial charge in [0.05, 0.1) is 12.8 Å². The van der Waals surface area contributed by atoms with Gasteiger partial charge in [-0.1, -0.05) is 35.9 Å². The topological polar surface area (TPSA) is 66.8 Å². The fraction of sp³-hybridized carbons (Fsp3) is 0.263. The van der Waals surface area contributed by atoms with Gasteiger partial charge in [-0.25, -0.2) is 0 Å². The first-order valence-electron chi connectivity index (χ1n) is 7.86. The van der Waals surface area contributed by atoms with Gasteiger partial charge in [0.1, 0.15) is 12.4 Å². The van der Waals surface area contributed by atoms with Crippen molar-refractivity contribution in [2.24, 2.45) is 0 Å². The molecule has 5 nitrogen and oxygen atoms in total. The van der Waals surface area contributed by atoms with E-state index < -0.39 is 5.97 Å². The molecule has 0 aliphatic carbocycles. The SMILES string of the molecule is CN(CCC(=O)O)C(=O)Cc1cccc(OCc2ccc(Cl)cc2)c1. The zero-order chi connectivity index (χ0) is 18.2. The minimum Gasteiger partial charge on any atom is -0.489 e. The number of amides is 1. The molecule has 132 valence electrons. The van der Waals surface area contributed by atoms with Crippen LogP contribution in [-0.4, -0.2) is 35.5 Å². The van der Waals surface area contributed by atoms with Crippen LogP contribution < -0.4 is 4.74 Å². The van der Waals surface area contributed by atoms with Gasteiger partial charge in [0.15, 0.2) is 0 Å². The largest absolute Gasteiger partial charge is 0.489 e. The molecule has 0 unspecified atom stereocenters. The van der Waals surface area contributed by atoms with Crippen LogP contribution in [-0.2, 0) is 22.6 Å². The fourth-order valence-corrected chi connectivity index (χ4v) is 2.32. The van der Waals surface area contributed by atoms with Crippen LogP contribution in [0.5, 0.6) is 5.75 Å². The highest BCUT2D eigenvalue weighted by atomic mass is 35.5. The Kier molecular flexibility index (Phi) is 6.83. The maximum Gasteiger partial charge on any atom is 0.305 e. The Morgan fingerprint density at radius 2 is 1.84 bits per heavy atom. The fourth-order valence-electron chi connectivity index (χ4n) is 2.19. The average Bonchev–Trinajstić information content (AvgIpc) is 2.59. The van der Waals surface area contributed by atoms with E-state index in [2.05, 4.69) is 0 Å². The Bertz CT molecular complexity index is 730. The molecule has 0 aliphatic heterocycles. The van der Waals surface area contributed by atoms with Crippen molar-refractivity contribution in [1.82, 2.24) is 4.90 Å². The number of benzene rings is 2. The lowest BCUT2D eigenvalue weighted by atomic mass is 10.1. The Labute approximate surface area is 151 Å². The van der Waals surface area contributed by atoms with E-state index >= 15 is 0 Å². The molecule has 1 amide bonds.